The highest BCUT2D eigenvalue weighted by atomic mass is 16.5. The molecule has 0 aliphatic carbocycles. The number of nitrogens with zero attached hydrogens (tertiary/aromatic N) is 3. The topological polar surface area (TPSA) is 70.8 Å². The van der Waals surface area contributed by atoms with Gasteiger partial charge < -0.3 is 10.1 Å². The number of allylic oxidation sites excluding steroid dienone is 1. The van der Waals surface area contributed by atoms with E-state index >= 15 is 0 Å². The lowest BCUT2D eigenvalue weighted by molar-refractivity contribution is 0.402. The van der Waals surface area contributed by atoms with Crippen molar-refractivity contribution in [2.45, 2.75) is 6.92 Å². The fourth-order valence-electron chi connectivity index (χ4n) is 1.60. The molecule has 1 N–H and O–H groups in total. The van der Waals surface area contributed by atoms with E-state index in [9.17, 15) is 0 Å². The van der Waals surface area contributed by atoms with Crippen molar-refractivity contribution < 1.29 is 4.74 Å². The molecule has 0 saturated heterocycles. The third-order valence-electron chi connectivity index (χ3n) is 2.32. The van der Waals surface area contributed by atoms with Gasteiger partial charge in [0.25, 0.3) is 0 Å². The molecular formula is C14H16N4O. The molecule has 0 radical (unpaired) electrons. The Kier molecular flexibility index (Phi) is 5.30. The molecule has 0 bridgehead atoms. The van der Waals surface area contributed by atoms with E-state index in [1.807, 2.05) is 6.92 Å². The number of pyridine rings is 2. The largest absolute Gasteiger partial charge is 0.479 e. The van der Waals surface area contributed by atoms with E-state index < -0.39 is 0 Å². The van der Waals surface area contributed by atoms with Gasteiger partial charge in [-0.2, -0.15) is 5.26 Å². The van der Waals surface area contributed by atoms with E-state index in [2.05, 4.69) is 27.9 Å². The summed E-state index contributed by atoms with van der Waals surface area (Å²) in [5, 5.41) is 12.8. The highest BCUT2D eigenvalue weighted by Crippen LogP contribution is 2.28. The van der Waals surface area contributed by atoms with Crippen LogP contribution in [0.15, 0.2) is 31.1 Å². The molecule has 2 aromatic rings. The Balaban J connectivity index is 0.000000550. The smallest absolute Gasteiger partial charge is 0.240 e. The summed E-state index contributed by atoms with van der Waals surface area (Å²) in [7, 11) is 3.31. The van der Waals surface area contributed by atoms with Crippen molar-refractivity contribution in [3.05, 3.63) is 36.7 Å². The number of fused-ring (bicyclic) bond motifs is 1. The minimum Gasteiger partial charge on any atom is -0.479 e. The molecule has 0 unspecified atom stereocenters. The average Bonchev–Trinajstić information content (AvgIpc) is 2.45. The first-order valence-electron chi connectivity index (χ1n) is 5.70. The standard InChI is InChI=1S/C11H10N4O.C3H6/c1-13-9-7(5-12)6-15-10-8(9)3-4-14-11(10)16-2;1-3-2/h3-4,6H,1-2H3,(H,13,15);3H,1H2,2H3. The number of methoxy groups -OCH3 is 1. The summed E-state index contributed by atoms with van der Waals surface area (Å²) in [4.78, 5) is 8.24. The van der Waals surface area contributed by atoms with E-state index in [-0.39, 0.29) is 0 Å². The van der Waals surface area contributed by atoms with Gasteiger partial charge in [-0.05, 0) is 13.0 Å². The molecule has 5 heteroatoms. The Labute approximate surface area is 112 Å². The van der Waals surface area contributed by atoms with Crippen LogP contribution in [0.1, 0.15) is 12.5 Å². The molecule has 5 nitrogen and oxygen atoms in total. The van der Waals surface area contributed by atoms with Crippen LogP contribution < -0.4 is 10.1 Å². The fraction of sp³-hybridized carbons (Fsp3) is 0.214. The van der Waals surface area contributed by atoms with E-state index in [1.54, 1.807) is 32.5 Å². The van der Waals surface area contributed by atoms with Gasteiger partial charge >= 0.3 is 0 Å². The van der Waals surface area contributed by atoms with Crippen molar-refractivity contribution in [3.63, 3.8) is 0 Å². The maximum atomic E-state index is 8.96. The molecule has 0 fully saturated rings. The molecule has 0 aromatic carbocycles. The molecule has 0 amide bonds. The first-order chi connectivity index (χ1) is 9.23. The van der Waals surface area contributed by atoms with Crippen molar-refractivity contribution >= 4 is 16.6 Å². The Hall–Kier alpha value is -2.61. The molecule has 0 atom stereocenters. The molecule has 2 aromatic heterocycles. The Bertz CT molecular complexity index is 617. The minimum atomic E-state index is 0.457. The molecule has 0 saturated carbocycles. The van der Waals surface area contributed by atoms with Crippen molar-refractivity contribution in [2.75, 3.05) is 19.5 Å². The number of rotatable bonds is 2. The Morgan fingerprint density at radius 2 is 2.16 bits per heavy atom. The number of nitriles is 1. The van der Waals surface area contributed by atoms with Gasteiger partial charge in [0, 0.05) is 24.8 Å². The molecular weight excluding hydrogens is 240 g/mol. The van der Waals surface area contributed by atoms with Gasteiger partial charge in [0.2, 0.25) is 5.88 Å². The number of hydrogen-bond donors (Lipinski definition) is 1. The summed E-state index contributed by atoms with van der Waals surface area (Å²) in [5.74, 6) is 0.457. The molecule has 0 spiro atoms. The van der Waals surface area contributed by atoms with Crippen LogP contribution in [-0.2, 0) is 0 Å². The zero-order valence-corrected chi connectivity index (χ0v) is 11.3. The van der Waals surface area contributed by atoms with Crippen LogP contribution >= 0.6 is 0 Å². The van der Waals surface area contributed by atoms with Gasteiger partial charge in [-0.1, -0.05) is 6.08 Å². The van der Waals surface area contributed by atoms with E-state index in [0.717, 1.165) is 11.1 Å². The van der Waals surface area contributed by atoms with E-state index in [1.165, 1.54) is 6.20 Å². The average molecular weight is 256 g/mol. The van der Waals surface area contributed by atoms with Crippen LogP contribution in [0.4, 0.5) is 5.69 Å². The van der Waals surface area contributed by atoms with Crippen LogP contribution in [0.5, 0.6) is 5.88 Å². The zero-order chi connectivity index (χ0) is 14.3. The monoisotopic (exact) mass is 256 g/mol. The predicted molar refractivity (Wildman–Crippen MR) is 76.2 cm³/mol. The predicted octanol–water partition coefficient (Wildman–Crippen LogP) is 2.74. The highest BCUT2D eigenvalue weighted by molar-refractivity contribution is 5.96. The second kappa shape index (κ2) is 6.97. The summed E-state index contributed by atoms with van der Waals surface area (Å²) < 4.78 is 5.12. The van der Waals surface area contributed by atoms with E-state index in [0.29, 0.717) is 17.0 Å². The van der Waals surface area contributed by atoms with Crippen molar-refractivity contribution in [3.8, 4) is 11.9 Å². The number of anilines is 1. The summed E-state index contributed by atoms with van der Waals surface area (Å²) in [6.07, 6.45) is 4.89. The maximum Gasteiger partial charge on any atom is 0.240 e. The van der Waals surface area contributed by atoms with Gasteiger partial charge in [0.05, 0.1) is 18.4 Å². The van der Waals surface area contributed by atoms with E-state index in [4.69, 9.17) is 10.00 Å². The van der Waals surface area contributed by atoms with Gasteiger partial charge in [-0.3, -0.25) is 0 Å². The molecule has 98 valence electrons. The minimum absolute atomic E-state index is 0.457. The number of hydrogen-bond acceptors (Lipinski definition) is 5. The highest BCUT2D eigenvalue weighted by Gasteiger charge is 2.10. The van der Waals surface area contributed by atoms with Crippen molar-refractivity contribution in [1.82, 2.24) is 9.97 Å². The molecule has 2 heterocycles. The van der Waals surface area contributed by atoms with Crippen LogP contribution in [0.25, 0.3) is 10.9 Å². The summed E-state index contributed by atoms with van der Waals surface area (Å²) in [6, 6.07) is 3.89. The Morgan fingerprint density at radius 3 is 2.68 bits per heavy atom. The number of nitrogens with one attached hydrogen (secondary N) is 1. The summed E-state index contributed by atoms with van der Waals surface area (Å²) >= 11 is 0. The SMILES string of the molecule is C=CC.CNc1c(C#N)cnc2c(OC)nccc12. The molecule has 0 aliphatic rings. The van der Waals surface area contributed by atoms with Crippen molar-refractivity contribution in [1.29, 1.82) is 5.26 Å². The van der Waals surface area contributed by atoms with Gasteiger partial charge in [0.1, 0.15) is 11.6 Å². The quantitative estimate of drug-likeness (QED) is 0.836. The summed E-state index contributed by atoms with van der Waals surface area (Å²) in [5.41, 5.74) is 1.89. The lowest BCUT2D eigenvalue weighted by Crippen LogP contribution is -1.98. The number of aromatic nitrogens is 2. The second-order valence-corrected chi connectivity index (χ2v) is 3.53. The van der Waals surface area contributed by atoms with Crippen LogP contribution in [-0.4, -0.2) is 24.1 Å². The van der Waals surface area contributed by atoms with Crippen LogP contribution in [0, 0.1) is 11.3 Å². The third kappa shape index (κ3) is 2.99. The number of ether oxygens (including phenoxy) is 1. The lowest BCUT2D eigenvalue weighted by atomic mass is 10.1. The van der Waals surface area contributed by atoms with Gasteiger partial charge in [-0.25, -0.2) is 9.97 Å². The first-order valence-corrected chi connectivity index (χ1v) is 5.70. The zero-order valence-electron chi connectivity index (χ0n) is 11.3. The lowest BCUT2D eigenvalue weighted by Gasteiger charge is -2.08. The summed E-state index contributed by atoms with van der Waals surface area (Å²) in [6.45, 7) is 5.25. The fourth-order valence-corrected chi connectivity index (χ4v) is 1.60. The van der Waals surface area contributed by atoms with Crippen molar-refractivity contribution in [2.24, 2.45) is 0 Å². The molecule has 2 rings (SSSR count). The molecule has 0 aliphatic heterocycles. The van der Waals surface area contributed by atoms with Crippen LogP contribution in [0.2, 0.25) is 0 Å². The van der Waals surface area contributed by atoms with Gasteiger partial charge in [0.15, 0.2) is 0 Å². The normalized spacial score (nSPS) is 8.95. The first kappa shape index (κ1) is 14.5. The Morgan fingerprint density at radius 1 is 1.47 bits per heavy atom. The maximum absolute atomic E-state index is 8.96. The van der Waals surface area contributed by atoms with Crippen LogP contribution in [0.3, 0.4) is 0 Å². The second-order valence-electron chi connectivity index (χ2n) is 3.53. The van der Waals surface area contributed by atoms with Gasteiger partial charge in [-0.15, -0.1) is 6.58 Å². The molecule has 19 heavy (non-hydrogen) atoms. The third-order valence-corrected chi connectivity index (χ3v) is 2.32.